The van der Waals surface area contributed by atoms with Crippen molar-refractivity contribution in [3.05, 3.63) is 23.9 Å². The third kappa shape index (κ3) is 5.01. The van der Waals surface area contributed by atoms with Gasteiger partial charge in [0.05, 0.1) is 0 Å². The summed E-state index contributed by atoms with van der Waals surface area (Å²) in [5.74, 6) is -0.201. The van der Waals surface area contributed by atoms with Crippen molar-refractivity contribution in [2.45, 2.75) is 45.5 Å². The molecule has 8 heteroatoms. The summed E-state index contributed by atoms with van der Waals surface area (Å²) in [5.41, 5.74) is 0.439. The van der Waals surface area contributed by atoms with E-state index in [9.17, 15) is 18.0 Å². The van der Waals surface area contributed by atoms with E-state index in [-0.39, 0.29) is 23.9 Å². The molecule has 2 N–H and O–H groups in total. The zero-order chi connectivity index (χ0) is 16.9. The van der Waals surface area contributed by atoms with E-state index >= 15 is 0 Å². The summed E-state index contributed by atoms with van der Waals surface area (Å²) < 4.78 is 41.4. The van der Waals surface area contributed by atoms with Gasteiger partial charge in [-0.25, -0.2) is 14.2 Å². The van der Waals surface area contributed by atoms with Gasteiger partial charge in [0, 0.05) is 25.4 Å². The highest BCUT2D eigenvalue weighted by Crippen LogP contribution is 2.45. The zero-order valence-corrected chi connectivity index (χ0v) is 12.8. The molecule has 0 spiro atoms. The number of alkyl halides is 3. The number of halogens is 3. The van der Waals surface area contributed by atoms with Crippen LogP contribution in [0, 0.1) is 5.41 Å². The number of hydrogen-bond donors (Lipinski definition) is 2. The minimum atomic E-state index is -2.94. The van der Waals surface area contributed by atoms with Crippen LogP contribution in [0.4, 0.5) is 18.0 Å². The van der Waals surface area contributed by atoms with Crippen LogP contribution in [0.1, 0.15) is 31.7 Å². The summed E-state index contributed by atoms with van der Waals surface area (Å²) in [4.78, 5) is 15.4. The highest BCUT2D eigenvalue weighted by atomic mass is 19.3. The maximum Gasteiger partial charge on any atom is 0.388 e. The molecule has 5 nitrogen and oxygen atoms in total. The molecule has 0 atom stereocenters. The van der Waals surface area contributed by atoms with E-state index in [0.29, 0.717) is 24.9 Å². The molecule has 1 aliphatic carbocycles. The molecule has 0 aromatic carbocycles. The molecule has 1 fully saturated rings. The molecule has 1 heterocycles. The van der Waals surface area contributed by atoms with Crippen molar-refractivity contribution >= 4 is 6.03 Å². The van der Waals surface area contributed by atoms with Crippen LogP contribution in [0.5, 0.6) is 5.88 Å². The standard InChI is InChI=1S/C15H20F3N3O2/c1-2-15(6-11(16)7-15)9-21-14(22)20-8-10-3-4-19-12(5-10)23-13(17)18/h3-5,11,13H,2,6-9H2,1H3,(H2,20,21,22). The van der Waals surface area contributed by atoms with E-state index in [1.807, 2.05) is 6.92 Å². The maximum absolute atomic E-state index is 13.0. The Morgan fingerprint density at radius 2 is 2.22 bits per heavy atom. The Kier molecular flexibility index (Phi) is 5.68. The highest BCUT2D eigenvalue weighted by molar-refractivity contribution is 5.73. The topological polar surface area (TPSA) is 63.2 Å². The predicted molar refractivity (Wildman–Crippen MR) is 78.0 cm³/mol. The van der Waals surface area contributed by atoms with Crippen LogP contribution in [-0.2, 0) is 6.54 Å². The molecule has 0 unspecified atom stereocenters. The monoisotopic (exact) mass is 331 g/mol. The van der Waals surface area contributed by atoms with E-state index < -0.39 is 12.8 Å². The van der Waals surface area contributed by atoms with Crippen LogP contribution in [0.15, 0.2) is 18.3 Å². The lowest BCUT2D eigenvalue weighted by atomic mass is 9.66. The maximum atomic E-state index is 13.0. The first-order valence-electron chi connectivity index (χ1n) is 7.48. The Morgan fingerprint density at radius 1 is 1.48 bits per heavy atom. The lowest BCUT2D eigenvalue weighted by molar-refractivity contribution is -0.0529. The minimum absolute atomic E-state index is 0.147. The van der Waals surface area contributed by atoms with Crippen molar-refractivity contribution in [3.8, 4) is 5.88 Å². The summed E-state index contributed by atoms with van der Waals surface area (Å²) in [6.45, 7) is -0.390. The van der Waals surface area contributed by atoms with Gasteiger partial charge < -0.3 is 15.4 Å². The van der Waals surface area contributed by atoms with Crippen LogP contribution in [0.25, 0.3) is 0 Å². The SMILES string of the molecule is CCC1(CNC(=O)NCc2ccnc(OC(F)F)c2)CC(F)C1. The fourth-order valence-electron chi connectivity index (χ4n) is 2.67. The summed E-state index contributed by atoms with van der Waals surface area (Å²) >= 11 is 0. The molecule has 0 bridgehead atoms. The number of pyridine rings is 1. The zero-order valence-electron chi connectivity index (χ0n) is 12.8. The van der Waals surface area contributed by atoms with Crippen molar-refractivity contribution in [1.29, 1.82) is 0 Å². The lowest BCUT2D eigenvalue weighted by Crippen LogP contribution is -2.49. The predicted octanol–water partition coefficient (Wildman–Crippen LogP) is 3.01. The summed E-state index contributed by atoms with van der Waals surface area (Å²) in [5, 5.41) is 5.35. The number of urea groups is 1. The van der Waals surface area contributed by atoms with Crippen molar-refractivity contribution in [3.63, 3.8) is 0 Å². The molecule has 0 aliphatic heterocycles. The minimum Gasteiger partial charge on any atom is -0.417 e. The highest BCUT2D eigenvalue weighted by Gasteiger charge is 2.43. The Bertz CT molecular complexity index is 536. The normalized spacial score (nSPS) is 23.3. The first-order chi connectivity index (χ1) is 10.9. The number of nitrogens with one attached hydrogen (secondary N) is 2. The van der Waals surface area contributed by atoms with Crippen molar-refractivity contribution in [1.82, 2.24) is 15.6 Å². The van der Waals surface area contributed by atoms with E-state index in [1.165, 1.54) is 12.3 Å². The van der Waals surface area contributed by atoms with Crippen LogP contribution in [0.2, 0.25) is 0 Å². The number of hydrogen-bond acceptors (Lipinski definition) is 3. The second-order valence-corrected chi connectivity index (χ2v) is 5.78. The van der Waals surface area contributed by atoms with Crippen molar-refractivity contribution < 1.29 is 22.7 Å². The van der Waals surface area contributed by atoms with Gasteiger partial charge >= 0.3 is 12.6 Å². The molecule has 1 aliphatic rings. The van der Waals surface area contributed by atoms with E-state index in [2.05, 4.69) is 20.4 Å². The Hall–Kier alpha value is -1.99. The summed E-state index contributed by atoms with van der Waals surface area (Å²) in [6, 6.07) is 2.54. The molecular formula is C15H20F3N3O2. The molecule has 0 saturated heterocycles. The van der Waals surface area contributed by atoms with Crippen molar-refractivity contribution in [2.24, 2.45) is 5.41 Å². The fraction of sp³-hybridized carbons (Fsp3) is 0.600. The fourth-order valence-corrected chi connectivity index (χ4v) is 2.67. The van der Waals surface area contributed by atoms with Crippen LogP contribution in [0.3, 0.4) is 0 Å². The van der Waals surface area contributed by atoms with Gasteiger partial charge in [-0.3, -0.25) is 0 Å². The van der Waals surface area contributed by atoms with Gasteiger partial charge in [0.1, 0.15) is 6.17 Å². The second-order valence-electron chi connectivity index (χ2n) is 5.78. The summed E-state index contributed by atoms with van der Waals surface area (Å²) in [6.07, 6.45) is 2.32. The number of carbonyl (C=O) groups is 1. The number of aromatic nitrogens is 1. The van der Waals surface area contributed by atoms with Gasteiger partial charge in [-0.1, -0.05) is 6.92 Å². The average molecular weight is 331 g/mol. The van der Waals surface area contributed by atoms with Crippen LogP contribution in [-0.4, -0.2) is 30.3 Å². The van der Waals surface area contributed by atoms with Gasteiger partial charge in [-0.05, 0) is 36.3 Å². The Labute approximate surface area is 132 Å². The number of rotatable bonds is 7. The number of nitrogens with zero attached hydrogens (tertiary/aromatic N) is 1. The Balaban J connectivity index is 1.76. The van der Waals surface area contributed by atoms with Gasteiger partial charge in [-0.15, -0.1) is 0 Å². The molecule has 1 saturated carbocycles. The van der Waals surface area contributed by atoms with Gasteiger partial charge in [0.25, 0.3) is 0 Å². The smallest absolute Gasteiger partial charge is 0.388 e. The van der Waals surface area contributed by atoms with Crippen LogP contribution >= 0.6 is 0 Å². The number of ether oxygens (including phenoxy) is 1. The quantitative estimate of drug-likeness (QED) is 0.807. The molecule has 0 radical (unpaired) electrons. The average Bonchev–Trinajstić information content (AvgIpc) is 2.48. The third-order valence-corrected chi connectivity index (χ3v) is 4.15. The van der Waals surface area contributed by atoms with E-state index in [1.54, 1.807) is 6.07 Å². The van der Waals surface area contributed by atoms with Gasteiger partial charge in [-0.2, -0.15) is 8.78 Å². The van der Waals surface area contributed by atoms with Crippen LogP contribution < -0.4 is 15.4 Å². The van der Waals surface area contributed by atoms with Gasteiger partial charge in [0.15, 0.2) is 0 Å². The molecule has 1 aromatic heterocycles. The molecule has 128 valence electrons. The van der Waals surface area contributed by atoms with E-state index in [0.717, 1.165) is 6.42 Å². The molecule has 1 aromatic rings. The second kappa shape index (κ2) is 7.52. The third-order valence-electron chi connectivity index (χ3n) is 4.15. The number of amides is 2. The first kappa shape index (κ1) is 17.4. The Morgan fingerprint density at radius 3 is 2.83 bits per heavy atom. The molecule has 2 amide bonds. The molecule has 23 heavy (non-hydrogen) atoms. The molecule has 2 rings (SSSR count). The molecular weight excluding hydrogens is 311 g/mol. The number of carbonyl (C=O) groups excluding carboxylic acids is 1. The van der Waals surface area contributed by atoms with Crippen molar-refractivity contribution in [2.75, 3.05) is 6.54 Å². The summed E-state index contributed by atoms with van der Waals surface area (Å²) in [7, 11) is 0. The first-order valence-corrected chi connectivity index (χ1v) is 7.48. The van der Waals surface area contributed by atoms with E-state index in [4.69, 9.17) is 0 Å². The van der Waals surface area contributed by atoms with Gasteiger partial charge in [0.2, 0.25) is 5.88 Å². The lowest BCUT2D eigenvalue weighted by Gasteiger charge is -2.43. The largest absolute Gasteiger partial charge is 0.417 e.